The van der Waals surface area contributed by atoms with Crippen LogP contribution in [-0.2, 0) is 24.3 Å². The van der Waals surface area contributed by atoms with Crippen molar-refractivity contribution < 1.29 is 22.7 Å². The molecule has 0 saturated carbocycles. The maximum Gasteiger partial charge on any atom is 0.331 e. The highest BCUT2D eigenvalue weighted by Gasteiger charge is 2.16. The van der Waals surface area contributed by atoms with Crippen molar-refractivity contribution in [2.45, 2.75) is 24.8 Å². The first-order valence-corrected chi connectivity index (χ1v) is 7.55. The summed E-state index contributed by atoms with van der Waals surface area (Å²) >= 11 is 0. The molecule has 0 radical (unpaired) electrons. The van der Waals surface area contributed by atoms with E-state index in [0.717, 1.165) is 0 Å². The number of rotatable bonds is 5. The Morgan fingerprint density at radius 2 is 1.86 bits per heavy atom. The van der Waals surface area contributed by atoms with Gasteiger partial charge in [0, 0.05) is 11.8 Å². The molecule has 1 rings (SSSR count). The number of allylic oxidation sites excluding steroid dienone is 1. The molecule has 0 saturated heterocycles. The summed E-state index contributed by atoms with van der Waals surface area (Å²) in [5.41, 5.74) is 0.362. The number of anilines is 1. The van der Waals surface area contributed by atoms with Gasteiger partial charge < -0.3 is 10.1 Å². The second-order valence-corrected chi connectivity index (χ2v) is 5.70. The number of sulfonamides is 1. The van der Waals surface area contributed by atoms with Crippen molar-refractivity contribution in [3.05, 3.63) is 36.4 Å². The molecule has 0 heterocycles. The summed E-state index contributed by atoms with van der Waals surface area (Å²) in [6.45, 7) is 3.08. The highest BCUT2D eigenvalue weighted by atomic mass is 32.2. The number of nitrogens with one attached hydrogen (secondary N) is 1. The van der Waals surface area contributed by atoms with Gasteiger partial charge >= 0.3 is 5.97 Å². The van der Waals surface area contributed by atoms with Crippen molar-refractivity contribution >= 4 is 27.6 Å². The molecule has 1 atom stereocenters. The van der Waals surface area contributed by atoms with Crippen molar-refractivity contribution in [3.8, 4) is 0 Å². The Kier molecular flexibility index (Phi) is 5.62. The Morgan fingerprint density at radius 3 is 2.33 bits per heavy atom. The lowest BCUT2D eigenvalue weighted by Gasteiger charge is -2.12. The van der Waals surface area contributed by atoms with Crippen LogP contribution in [0.2, 0.25) is 0 Å². The van der Waals surface area contributed by atoms with Gasteiger partial charge in [0.2, 0.25) is 10.0 Å². The van der Waals surface area contributed by atoms with Crippen LogP contribution in [0.5, 0.6) is 0 Å². The van der Waals surface area contributed by atoms with Crippen LogP contribution in [-0.4, -0.2) is 26.4 Å². The van der Waals surface area contributed by atoms with E-state index in [-0.39, 0.29) is 4.90 Å². The van der Waals surface area contributed by atoms with Crippen LogP contribution in [0.3, 0.4) is 0 Å². The summed E-state index contributed by atoms with van der Waals surface area (Å²) in [7, 11) is -3.78. The van der Waals surface area contributed by atoms with Gasteiger partial charge in [-0.25, -0.2) is 18.4 Å². The zero-order valence-corrected chi connectivity index (χ0v) is 12.4. The number of amides is 1. The van der Waals surface area contributed by atoms with Crippen LogP contribution in [0.15, 0.2) is 41.3 Å². The highest BCUT2D eigenvalue weighted by molar-refractivity contribution is 7.89. The van der Waals surface area contributed by atoms with Gasteiger partial charge in [0.1, 0.15) is 0 Å². The number of primary sulfonamides is 1. The van der Waals surface area contributed by atoms with Gasteiger partial charge in [-0.05, 0) is 38.1 Å². The fraction of sp³-hybridized carbons (Fsp3) is 0.231. The second-order valence-electron chi connectivity index (χ2n) is 4.14. The number of ether oxygens (including phenoxy) is 1. The lowest BCUT2D eigenvalue weighted by molar-refractivity contribution is -0.148. The molecule has 1 aromatic carbocycles. The van der Waals surface area contributed by atoms with Gasteiger partial charge in [0.15, 0.2) is 6.10 Å². The first kappa shape index (κ1) is 16.9. The van der Waals surface area contributed by atoms with Crippen LogP contribution >= 0.6 is 0 Å². The van der Waals surface area contributed by atoms with E-state index < -0.39 is 28.0 Å². The zero-order chi connectivity index (χ0) is 16.0. The number of carbonyl (C=O) groups is 2. The SMILES string of the molecule is C/C=C/C(=O)O[C@@H](C)C(=O)Nc1ccc(S(N)(=O)=O)cc1. The molecule has 0 fully saturated rings. The third-order valence-electron chi connectivity index (χ3n) is 2.42. The largest absolute Gasteiger partial charge is 0.449 e. The molecule has 0 bridgehead atoms. The fourth-order valence-electron chi connectivity index (χ4n) is 1.37. The van der Waals surface area contributed by atoms with Crippen LogP contribution in [0.25, 0.3) is 0 Å². The number of carbonyl (C=O) groups excluding carboxylic acids is 2. The minimum absolute atomic E-state index is 0.0620. The fourth-order valence-corrected chi connectivity index (χ4v) is 1.89. The summed E-state index contributed by atoms with van der Waals surface area (Å²) in [6, 6.07) is 5.30. The van der Waals surface area contributed by atoms with E-state index >= 15 is 0 Å². The summed E-state index contributed by atoms with van der Waals surface area (Å²) in [4.78, 5) is 22.9. The topological polar surface area (TPSA) is 116 Å². The molecule has 0 aromatic heterocycles. The molecule has 21 heavy (non-hydrogen) atoms. The van der Waals surface area contributed by atoms with Crippen LogP contribution in [0.4, 0.5) is 5.69 Å². The molecule has 3 N–H and O–H groups in total. The lowest BCUT2D eigenvalue weighted by atomic mass is 10.3. The minimum Gasteiger partial charge on any atom is -0.449 e. The average molecular weight is 312 g/mol. The third-order valence-corrected chi connectivity index (χ3v) is 3.34. The van der Waals surface area contributed by atoms with Crippen LogP contribution < -0.4 is 10.5 Å². The van der Waals surface area contributed by atoms with E-state index in [1.165, 1.54) is 43.3 Å². The molecule has 0 aliphatic heterocycles. The van der Waals surface area contributed by atoms with E-state index in [0.29, 0.717) is 5.69 Å². The summed E-state index contributed by atoms with van der Waals surface area (Å²) in [5.74, 6) is -1.15. The molecule has 1 amide bonds. The number of esters is 1. The molecule has 7 nitrogen and oxygen atoms in total. The Labute approximate surface area is 122 Å². The Bertz CT molecular complexity index is 650. The third kappa shape index (κ3) is 5.36. The quantitative estimate of drug-likeness (QED) is 0.615. The van der Waals surface area contributed by atoms with E-state index in [9.17, 15) is 18.0 Å². The molecule has 0 unspecified atom stereocenters. The van der Waals surface area contributed by atoms with E-state index in [1.54, 1.807) is 6.92 Å². The summed E-state index contributed by atoms with van der Waals surface area (Å²) in [5, 5.41) is 7.45. The molecular formula is C13H16N2O5S. The Balaban J connectivity index is 2.68. The zero-order valence-electron chi connectivity index (χ0n) is 11.6. The van der Waals surface area contributed by atoms with Gasteiger partial charge in [-0.2, -0.15) is 0 Å². The van der Waals surface area contributed by atoms with Gasteiger partial charge in [-0.15, -0.1) is 0 Å². The second kappa shape index (κ2) is 7.00. The van der Waals surface area contributed by atoms with E-state index in [1.807, 2.05) is 0 Å². The monoisotopic (exact) mass is 312 g/mol. The van der Waals surface area contributed by atoms with Crippen molar-refractivity contribution in [1.29, 1.82) is 0 Å². The van der Waals surface area contributed by atoms with E-state index in [2.05, 4.69) is 5.32 Å². The number of benzene rings is 1. The van der Waals surface area contributed by atoms with Crippen molar-refractivity contribution in [3.63, 3.8) is 0 Å². The predicted molar refractivity (Wildman–Crippen MR) is 76.8 cm³/mol. The van der Waals surface area contributed by atoms with Crippen molar-refractivity contribution in [2.75, 3.05) is 5.32 Å². The molecule has 0 aliphatic carbocycles. The molecule has 0 aliphatic rings. The number of hydrogen-bond acceptors (Lipinski definition) is 5. The number of nitrogens with two attached hydrogens (primary N) is 1. The van der Waals surface area contributed by atoms with Crippen LogP contribution in [0, 0.1) is 0 Å². The predicted octanol–water partition coefficient (Wildman–Crippen LogP) is 0.780. The summed E-state index contributed by atoms with van der Waals surface area (Å²) in [6.07, 6.45) is 1.72. The molecular weight excluding hydrogens is 296 g/mol. The maximum absolute atomic E-state index is 11.8. The smallest absolute Gasteiger partial charge is 0.331 e. The Hall–Kier alpha value is -2.19. The minimum atomic E-state index is -3.78. The first-order valence-electron chi connectivity index (χ1n) is 6.01. The van der Waals surface area contributed by atoms with Gasteiger partial charge in [-0.3, -0.25) is 4.79 Å². The normalized spacial score (nSPS) is 12.9. The van der Waals surface area contributed by atoms with Gasteiger partial charge in [-0.1, -0.05) is 6.08 Å². The molecule has 114 valence electrons. The van der Waals surface area contributed by atoms with E-state index in [4.69, 9.17) is 9.88 Å². The first-order chi connectivity index (χ1) is 9.74. The standard InChI is InChI=1S/C13H16N2O5S/c1-3-4-12(16)20-9(2)13(17)15-10-5-7-11(8-6-10)21(14,18)19/h3-9H,1-2H3,(H,15,17)(H2,14,18,19)/b4-3+/t9-/m0/s1. The molecule has 1 aromatic rings. The lowest BCUT2D eigenvalue weighted by Crippen LogP contribution is -2.29. The molecule has 0 spiro atoms. The summed E-state index contributed by atoms with van der Waals surface area (Å²) < 4.78 is 27.0. The molecule has 8 heteroatoms. The van der Waals surface area contributed by atoms with Crippen molar-refractivity contribution in [2.24, 2.45) is 5.14 Å². The van der Waals surface area contributed by atoms with Gasteiger partial charge in [0.25, 0.3) is 5.91 Å². The van der Waals surface area contributed by atoms with Gasteiger partial charge in [0.05, 0.1) is 4.90 Å². The van der Waals surface area contributed by atoms with Crippen molar-refractivity contribution in [1.82, 2.24) is 0 Å². The average Bonchev–Trinajstić information content (AvgIpc) is 2.38. The maximum atomic E-state index is 11.8. The van der Waals surface area contributed by atoms with Crippen LogP contribution in [0.1, 0.15) is 13.8 Å². The Morgan fingerprint density at radius 1 is 1.29 bits per heavy atom. The number of hydrogen-bond donors (Lipinski definition) is 2. The highest BCUT2D eigenvalue weighted by Crippen LogP contribution is 2.13.